The number of carboxylic acids is 1. The number of nitrogens with zero attached hydrogens (tertiary/aromatic N) is 1. The third kappa shape index (κ3) is 14.3. The minimum absolute atomic E-state index is 0.0122. The number of imidazole rings is 1. The number of aromatic nitrogens is 3. The van der Waals surface area contributed by atoms with Gasteiger partial charge in [-0.05, 0) is 69.7 Å². The van der Waals surface area contributed by atoms with Crippen molar-refractivity contribution in [2.45, 2.75) is 114 Å². The molecule has 0 unspecified atom stereocenters. The zero-order chi connectivity index (χ0) is 42.1. The van der Waals surface area contributed by atoms with E-state index in [1.54, 1.807) is 20.0 Å². The molecule has 5 amide bonds. The Kier molecular flexibility index (Phi) is 18.6. The van der Waals surface area contributed by atoms with Crippen LogP contribution in [0.4, 0.5) is 0 Å². The van der Waals surface area contributed by atoms with Crippen molar-refractivity contribution in [1.29, 1.82) is 0 Å². The second-order valence-electron chi connectivity index (χ2n) is 14.5. The summed E-state index contributed by atoms with van der Waals surface area (Å²) >= 11 is 0. The lowest BCUT2D eigenvalue weighted by Crippen LogP contribution is -2.62. The zero-order valence-electron chi connectivity index (χ0n) is 32.8. The molecule has 2 aromatic heterocycles. The van der Waals surface area contributed by atoms with E-state index in [9.17, 15) is 39.0 Å². The summed E-state index contributed by atoms with van der Waals surface area (Å²) in [4.78, 5) is 90.0. The molecule has 0 radical (unpaired) electrons. The number of carboxylic acid groups (broad SMARTS) is 1. The number of hydrogen-bond donors (Lipinski definition) is 12. The predicted molar refractivity (Wildman–Crippen MR) is 212 cm³/mol. The lowest BCUT2D eigenvalue weighted by Gasteiger charge is -2.29. The van der Waals surface area contributed by atoms with Crippen LogP contribution >= 0.6 is 0 Å². The third-order valence-electron chi connectivity index (χ3n) is 9.52. The van der Waals surface area contributed by atoms with E-state index in [0.717, 1.165) is 10.9 Å². The number of H-pyrrole nitrogens is 2. The molecule has 15 N–H and O–H groups in total. The number of aliphatic carboxylic acids is 1. The van der Waals surface area contributed by atoms with Gasteiger partial charge in [0, 0.05) is 41.8 Å². The van der Waals surface area contributed by atoms with Crippen molar-refractivity contribution in [3.63, 3.8) is 0 Å². The first-order chi connectivity index (χ1) is 27.2. The largest absolute Gasteiger partial charge is 0.480 e. The smallest absolute Gasteiger partial charge is 0.326 e. The number of nitrogens with two attached hydrogens (primary N) is 3. The highest BCUT2D eigenvalue weighted by Crippen LogP contribution is 2.20. The van der Waals surface area contributed by atoms with E-state index in [-0.39, 0.29) is 19.3 Å². The molecule has 0 spiro atoms. The summed E-state index contributed by atoms with van der Waals surface area (Å²) in [6.07, 6.45) is 5.84. The fourth-order valence-corrected chi connectivity index (χ4v) is 6.20. The van der Waals surface area contributed by atoms with E-state index in [1.165, 1.54) is 19.4 Å². The summed E-state index contributed by atoms with van der Waals surface area (Å²) in [5.74, 6) is -5.63. The number of aliphatic hydroxyl groups is 1. The summed E-state index contributed by atoms with van der Waals surface area (Å²) in [5.41, 5.74) is 19.3. The molecule has 19 nitrogen and oxygen atoms in total. The summed E-state index contributed by atoms with van der Waals surface area (Å²) in [7, 11) is 0. The first-order valence-corrected chi connectivity index (χ1v) is 19.3. The summed E-state index contributed by atoms with van der Waals surface area (Å²) < 4.78 is 0. The zero-order valence-corrected chi connectivity index (χ0v) is 32.8. The standard InChI is InChI=1S/C38H59N11O8/c1-21(2)31(36(54)49-32(22(3)50)37(55)47-30(38(56)57)17-24-19-42-20-44-24)48-35(53)29(16-23-18-43-27-12-5-4-10-25(23)27)46-34(52)28(13-7-9-15-40)45-33(51)26(41)11-6-8-14-39/h4-5,10,12,18-22,26,28-32,43,50H,6-9,11,13-17,39-41H2,1-3H3,(H,42,44)(H,45,51)(H,46,52)(H,47,55)(H,48,53)(H,49,54)(H,56,57)/t22-,26+,28+,29+,30+,31+,32+/m1/s1. The number of carbonyl (C=O) groups is 6. The number of nitrogens with one attached hydrogen (secondary N) is 7. The van der Waals surface area contributed by atoms with Crippen LogP contribution in [-0.4, -0.2) is 116 Å². The molecule has 0 aliphatic carbocycles. The van der Waals surface area contributed by atoms with Gasteiger partial charge in [-0.15, -0.1) is 0 Å². The second-order valence-corrected chi connectivity index (χ2v) is 14.5. The van der Waals surface area contributed by atoms with E-state index in [1.807, 2.05) is 24.3 Å². The molecule has 0 saturated carbocycles. The molecule has 0 aliphatic heterocycles. The number of benzene rings is 1. The van der Waals surface area contributed by atoms with Crippen LogP contribution in [-0.2, 0) is 41.6 Å². The van der Waals surface area contributed by atoms with E-state index in [0.29, 0.717) is 56.5 Å². The van der Waals surface area contributed by atoms with Gasteiger partial charge < -0.3 is 64.0 Å². The number of aliphatic hydroxyl groups excluding tert-OH is 1. The SMILES string of the molecule is CC(C)[C@H](NC(=O)[C@H](Cc1c[nH]c2ccccc12)NC(=O)[C@H](CCCCN)NC(=O)[C@@H](N)CCCCN)C(=O)N[C@H](C(=O)N[C@@H](Cc1cnc[nH]1)C(=O)O)[C@@H](C)O. The first kappa shape index (κ1) is 46.0. The van der Waals surface area contributed by atoms with Crippen LogP contribution in [0, 0.1) is 5.92 Å². The van der Waals surface area contributed by atoms with Crippen molar-refractivity contribution < 1.29 is 39.0 Å². The molecule has 3 rings (SSSR count). The van der Waals surface area contributed by atoms with Gasteiger partial charge in [-0.25, -0.2) is 9.78 Å². The number of para-hydroxylation sites is 1. The predicted octanol–water partition coefficient (Wildman–Crippen LogP) is -1.19. The summed E-state index contributed by atoms with van der Waals surface area (Å²) in [5, 5.41) is 34.1. The number of rotatable bonds is 25. The van der Waals surface area contributed by atoms with Gasteiger partial charge >= 0.3 is 5.97 Å². The average molecular weight is 798 g/mol. The van der Waals surface area contributed by atoms with Gasteiger partial charge in [0.25, 0.3) is 0 Å². The highest BCUT2D eigenvalue weighted by molar-refractivity contribution is 5.97. The molecule has 0 fully saturated rings. The maximum Gasteiger partial charge on any atom is 0.326 e. The number of fused-ring (bicyclic) bond motifs is 1. The quantitative estimate of drug-likeness (QED) is 0.0451. The van der Waals surface area contributed by atoms with Crippen LogP contribution in [0.1, 0.15) is 70.6 Å². The van der Waals surface area contributed by atoms with E-state index in [4.69, 9.17) is 17.2 Å². The van der Waals surface area contributed by atoms with Gasteiger partial charge in [-0.1, -0.05) is 38.5 Å². The molecular formula is C38H59N11O8. The molecule has 3 aromatic rings. The highest BCUT2D eigenvalue weighted by Gasteiger charge is 2.35. The number of aromatic amines is 2. The fraction of sp³-hybridized carbons (Fsp3) is 0.553. The summed E-state index contributed by atoms with van der Waals surface area (Å²) in [6.45, 7) is 5.38. The van der Waals surface area contributed by atoms with Gasteiger partial charge in [0.1, 0.15) is 30.2 Å². The molecule has 1 aromatic carbocycles. The monoisotopic (exact) mass is 797 g/mol. The van der Waals surface area contributed by atoms with Gasteiger partial charge in [0.15, 0.2) is 0 Å². The minimum atomic E-state index is -1.60. The fourth-order valence-electron chi connectivity index (χ4n) is 6.20. The highest BCUT2D eigenvalue weighted by atomic mass is 16.4. The Hall–Kier alpha value is -5.37. The van der Waals surface area contributed by atoms with Crippen molar-refractivity contribution in [2.75, 3.05) is 13.1 Å². The third-order valence-corrected chi connectivity index (χ3v) is 9.52. The van der Waals surface area contributed by atoms with Gasteiger partial charge in [0.2, 0.25) is 29.5 Å². The number of carbonyl (C=O) groups excluding carboxylic acids is 5. The number of hydrogen-bond acceptors (Lipinski definition) is 11. The van der Waals surface area contributed by atoms with Gasteiger partial charge in [-0.2, -0.15) is 0 Å². The van der Waals surface area contributed by atoms with E-state index < -0.39 is 83.8 Å². The lowest BCUT2D eigenvalue weighted by molar-refractivity contribution is -0.143. The Balaban J connectivity index is 1.85. The first-order valence-electron chi connectivity index (χ1n) is 19.3. The summed E-state index contributed by atoms with van der Waals surface area (Å²) in [6, 6.07) is -0.0911. The Labute approximate surface area is 331 Å². The van der Waals surface area contributed by atoms with Gasteiger partial charge in [0.05, 0.1) is 18.5 Å². The Morgan fingerprint density at radius 1 is 0.719 bits per heavy atom. The molecule has 0 bridgehead atoms. The second kappa shape index (κ2) is 23.0. The van der Waals surface area contributed by atoms with E-state index >= 15 is 0 Å². The van der Waals surface area contributed by atoms with Crippen molar-refractivity contribution in [1.82, 2.24) is 41.5 Å². The van der Waals surface area contributed by atoms with Crippen molar-refractivity contribution >= 4 is 46.4 Å². The molecule has 0 aliphatic rings. The van der Waals surface area contributed by atoms with Crippen molar-refractivity contribution in [3.05, 3.63) is 54.2 Å². The maximum atomic E-state index is 14.2. The lowest BCUT2D eigenvalue weighted by atomic mass is 9.99. The Morgan fingerprint density at radius 3 is 1.93 bits per heavy atom. The normalized spacial score (nSPS) is 15.1. The topological polar surface area (TPSA) is 326 Å². The number of amides is 5. The van der Waals surface area contributed by atoms with Crippen LogP contribution in [0.15, 0.2) is 43.0 Å². The molecule has 7 atom stereocenters. The van der Waals surface area contributed by atoms with Crippen molar-refractivity contribution in [3.8, 4) is 0 Å². The molecular weight excluding hydrogens is 738 g/mol. The van der Waals surface area contributed by atoms with E-state index in [2.05, 4.69) is 41.5 Å². The maximum absolute atomic E-state index is 14.2. The minimum Gasteiger partial charge on any atom is -0.480 e. The van der Waals surface area contributed by atoms with Crippen LogP contribution < -0.4 is 43.8 Å². The molecule has 314 valence electrons. The molecule has 57 heavy (non-hydrogen) atoms. The average Bonchev–Trinajstić information content (AvgIpc) is 3.84. The van der Waals surface area contributed by atoms with Gasteiger partial charge in [-0.3, -0.25) is 24.0 Å². The molecule has 2 heterocycles. The van der Waals surface area contributed by atoms with Crippen LogP contribution in [0.5, 0.6) is 0 Å². The Morgan fingerprint density at radius 2 is 1.32 bits per heavy atom. The Bertz CT molecular complexity index is 1760. The van der Waals surface area contributed by atoms with Crippen LogP contribution in [0.3, 0.4) is 0 Å². The number of unbranched alkanes of at least 4 members (excludes halogenated alkanes) is 2. The molecule has 0 saturated heterocycles. The molecule has 19 heteroatoms. The van der Waals surface area contributed by atoms with Crippen LogP contribution in [0.2, 0.25) is 0 Å². The van der Waals surface area contributed by atoms with Crippen molar-refractivity contribution in [2.24, 2.45) is 23.1 Å². The van der Waals surface area contributed by atoms with Crippen LogP contribution in [0.25, 0.3) is 10.9 Å².